The van der Waals surface area contributed by atoms with Crippen molar-refractivity contribution >= 4 is 5.82 Å². The largest absolute Gasteiger partial charge is 0.490 e. The molecular formula is C22H23FN4O. The fourth-order valence-corrected chi connectivity index (χ4v) is 2.98. The van der Waals surface area contributed by atoms with Gasteiger partial charge in [0.1, 0.15) is 23.7 Å². The van der Waals surface area contributed by atoms with Crippen molar-refractivity contribution in [1.29, 1.82) is 0 Å². The lowest BCUT2D eigenvalue weighted by Gasteiger charge is -2.18. The molecule has 3 aromatic rings. The van der Waals surface area contributed by atoms with Crippen LogP contribution in [0.1, 0.15) is 36.9 Å². The van der Waals surface area contributed by atoms with Crippen LogP contribution < -0.4 is 10.1 Å². The number of aryl methyl sites for hydroxylation is 1. The Morgan fingerprint density at radius 1 is 1.14 bits per heavy atom. The number of hydrogen-bond acceptors (Lipinski definition) is 5. The maximum atomic E-state index is 13.6. The summed E-state index contributed by atoms with van der Waals surface area (Å²) in [4.78, 5) is 13.0. The van der Waals surface area contributed by atoms with Crippen molar-refractivity contribution in [3.05, 3.63) is 66.0 Å². The fraction of sp³-hybridized carbons (Fsp3) is 0.318. The normalized spacial score (nSPS) is 14.5. The van der Waals surface area contributed by atoms with Gasteiger partial charge in [0.15, 0.2) is 0 Å². The summed E-state index contributed by atoms with van der Waals surface area (Å²) in [5.74, 6) is 1.25. The Morgan fingerprint density at radius 2 is 2.00 bits per heavy atom. The van der Waals surface area contributed by atoms with Crippen molar-refractivity contribution < 1.29 is 9.13 Å². The number of nitrogens with zero attached hydrogens (tertiary/aromatic N) is 3. The number of benzene rings is 1. The van der Waals surface area contributed by atoms with Gasteiger partial charge in [-0.15, -0.1) is 0 Å². The van der Waals surface area contributed by atoms with Gasteiger partial charge in [-0.2, -0.15) is 0 Å². The van der Waals surface area contributed by atoms with Crippen LogP contribution in [0.4, 0.5) is 10.2 Å². The molecule has 1 saturated carbocycles. The van der Waals surface area contributed by atoms with E-state index in [0.29, 0.717) is 12.3 Å². The molecule has 1 aliphatic carbocycles. The highest BCUT2D eigenvalue weighted by atomic mass is 19.1. The van der Waals surface area contributed by atoms with Crippen molar-refractivity contribution in [2.75, 3.05) is 11.9 Å². The second-order valence-corrected chi connectivity index (χ2v) is 7.26. The van der Waals surface area contributed by atoms with Gasteiger partial charge in [0.2, 0.25) is 0 Å². The summed E-state index contributed by atoms with van der Waals surface area (Å²) in [5.41, 5.74) is 3.73. The number of ether oxygens (including phenoxy) is 1. The standard InChI is InChI=1S/C22H23FN4O/c1-14(19-8-5-17(23)9-21(19)28-18-6-7-18)11-25-22-10-20(26-13-27-22)16-4-3-15(2)24-12-16/h3-5,8-10,12-14,18H,6-7,11H2,1-2H3,(H,25,26,27). The van der Waals surface area contributed by atoms with E-state index < -0.39 is 0 Å². The zero-order valence-corrected chi connectivity index (χ0v) is 16.0. The van der Waals surface area contributed by atoms with Gasteiger partial charge in [-0.1, -0.05) is 13.0 Å². The molecule has 1 fully saturated rings. The van der Waals surface area contributed by atoms with E-state index in [4.69, 9.17) is 4.74 Å². The third kappa shape index (κ3) is 4.44. The Kier molecular flexibility index (Phi) is 5.19. The number of hydrogen-bond donors (Lipinski definition) is 1. The zero-order valence-electron chi connectivity index (χ0n) is 16.0. The van der Waals surface area contributed by atoms with E-state index in [1.54, 1.807) is 6.33 Å². The van der Waals surface area contributed by atoms with Crippen LogP contribution in [0.3, 0.4) is 0 Å². The van der Waals surface area contributed by atoms with Crippen LogP contribution in [0.25, 0.3) is 11.3 Å². The van der Waals surface area contributed by atoms with Gasteiger partial charge in [-0.25, -0.2) is 14.4 Å². The molecule has 0 saturated heterocycles. The summed E-state index contributed by atoms with van der Waals surface area (Å²) < 4.78 is 19.5. The summed E-state index contributed by atoms with van der Waals surface area (Å²) in [6.45, 7) is 4.69. The third-order valence-electron chi connectivity index (χ3n) is 4.79. The molecule has 1 atom stereocenters. The van der Waals surface area contributed by atoms with E-state index in [9.17, 15) is 4.39 Å². The molecule has 144 valence electrons. The van der Waals surface area contributed by atoms with E-state index in [1.165, 1.54) is 12.1 Å². The number of rotatable bonds is 7. The summed E-state index contributed by atoms with van der Waals surface area (Å²) in [5, 5.41) is 3.35. The smallest absolute Gasteiger partial charge is 0.129 e. The third-order valence-corrected chi connectivity index (χ3v) is 4.79. The second-order valence-electron chi connectivity index (χ2n) is 7.26. The Morgan fingerprint density at radius 3 is 2.75 bits per heavy atom. The lowest BCUT2D eigenvalue weighted by atomic mass is 10.00. The molecular weight excluding hydrogens is 355 g/mol. The van der Waals surface area contributed by atoms with Crippen LogP contribution in [-0.2, 0) is 0 Å². The molecule has 1 aromatic carbocycles. The first kappa shape index (κ1) is 18.3. The van der Waals surface area contributed by atoms with Crippen molar-refractivity contribution in [2.45, 2.75) is 38.7 Å². The fourth-order valence-electron chi connectivity index (χ4n) is 2.98. The molecule has 0 aliphatic heterocycles. The van der Waals surface area contributed by atoms with Gasteiger partial charge in [0.25, 0.3) is 0 Å². The minimum Gasteiger partial charge on any atom is -0.490 e. The molecule has 0 amide bonds. The van der Waals surface area contributed by atoms with Crippen LogP contribution in [0.2, 0.25) is 0 Å². The van der Waals surface area contributed by atoms with Crippen molar-refractivity contribution in [1.82, 2.24) is 15.0 Å². The van der Waals surface area contributed by atoms with Gasteiger partial charge in [0, 0.05) is 42.0 Å². The molecule has 4 rings (SSSR count). The minimum absolute atomic E-state index is 0.133. The molecule has 5 nitrogen and oxygen atoms in total. The molecule has 2 aromatic heterocycles. The predicted molar refractivity (Wildman–Crippen MR) is 107 cm³/mol. The maximum absolute atomic E-state index is 13.6. The molecule has 6 heteroatoms. The van der Waals surface area contributed by atoms with E-state index in [0.717, 1.165) is 41.2 Å². The number of aromatic nitrogens is 3. The van der Waals surface area contributed by atoms with E-state index in [1.807, 2.05) is 37.4 Å². The number of nitrogens with one attached hydrogen (secondary N) is 1. The Hall–Kier alpha value is -3.02. The molecule has 1 aliphatic rings. The van der Waals surface area contributed by atoms with Gasteiger partial charge in [0.05, 0.1) is 11.8 Å². The molecule has 28 heavy (non-hydrogen) atoms. The Bertz CT molecular complexity index is 957. The van der Waals surface area contributed by atoms with Gasteiger partial charge in [-0.3, -0.25) is 4.98 Å². The minimum atomic E-state index is -0.272. The zero-order chi connectivity index (χ0) is 19.5. The molecule has 0 radical (unpaired) electrons. The quantitative estimate of drug-likeness (QED) is 0.643. The highest BCUT2D eigenvalue weighted by Crippen LogP contribution is 2.33. The van der Waals surface area contributed by atoms with Crippen LogP contribution in [-0.4, -0.2) is 27.6 Å². The summed E-state index contributed by atoms with van der Waals surface area (Å²) in [6, 6.07) is 10.6. The maximum Gasteiger partial charge on any atom is 0.129 e. The van der Waals surface area contributed by atoms with Gasteiger partial charge in [-0.05, 0) is 43.5 Å². The molecule has 0 bridgehead atoms. The first-order valence-corrected chi connectivity index (χ1v) is 9.53. The van der Waals surface area contributed by atoms with E-state index in [2.05, 4.69) is 27.2 Å². The first-order valence-electron chi connectivity index (χ1n) is 9.53. The lowest BCUT2D eigenvalue weighted by molar-refractivity contribution is 0.297. The van der Waals surface area contributed by atoms with Crippen LogP contribution in [0, 0.1) is 12.7 Å². The average Bonchev–Trinajstić information content (AvgIpc) is 3.51. The first-order chi connectivity index (χ1) is 13.6. The molecule has 1 N–H and O–H groups in total. The monoisotopic (exact) mass is 378 g/mol. The highest BCUT2D eigenvalue weighted by molar-refractivity contribution is 5.61. The number of halogens is 1. The second kappa shape index (κ2) is 7.92. The summed E-state index contributed by atoms with van der Waals surface area (Å²) in [7, 11) is 0. The summed E-state index contributed by atoms with van der Waals surface area (Å²) >= 11 is 0. The van der Waals surface area contributed by atoms with Crippen LogP contribution >= 0.6 is 0 Å². The van der Waals surface area contributed by atoms with Gasteiger partial charge < -0.3 is 10.1 Å². The Balaban J connectivity index is 1.46. The van der Waals surface area contributed by atoms with E-state index in [-0.39, 0.29) is 17.8 Å². The van der Waals surface area contributed by atoms with Crippen LogP contribution in [0.15, 0.2) is 48.9 Å². The van der Waals surface area contributed by atoms with Gasteiger partial charge >= 0.3 is 0 Å². The average molecular weight is 378 g/mol. The molecule has 0 spiro atoms. The molecule has 1 unspecified atom stereocenters. The summed E-state index contributed by atoms with van der Waals surface area (Å²) in [6.07, 6.45) is 5.67. The highest BCUT2D eigenvalue weighted by Gasteiger charge is 2.25. The topological polar surface area (TPSA) is 59.9 Å². The number of pyridine rings is 1. The van der Waals surface area contributed by atoms with E-state index >= 15 is 0 Å². The van der Waals surface area contributed by atoms with Crippen molar-refractivity contribution in [2.24, 2.45) is 0 Å². The van der Waals surface area contributed by atoms with Crippen molar-refractivity contribution in [3.63, 3.8) is 0 Å². The lowest BCUT2D eigenvalue weighted by Crippen LogP contribution is -2.13. The molecule has 2 heterocycles. The van der Waals surface area contributed by atoms with Crippen LogP contribution in [0.5, 0.6) is 5.75 Å². The van der Waals surface area contributed by atoms with Crippen molar-refractivity contribution in [3.8, 4) is 17.0 Å². The predicted octanol–water partition coefficient (Wildman–Crippen LogP) is 4.74. The number of anilines is 1. The SMILES string of the molecule is Cc1ccc(-c2cc(NCC(C)c3ccc(F)cc3OC3CC3)ncn2)cn1. The Labute approximate surface area is 164 Å².